The Balaban J connectivity index is 3.92. The van der Waals surface area contributed by atoms with Crippen LogP contribution in [-0.2, 0) is 4.74 Å². The van der Waals surface area contributed by atoms with Gasteiger partial charge in [-0.3, -0.25) is 0 Å². The molecule has 0 saturated heterocycles. The maximum Gasteiger partial charge on any atom is 0.409 e. The van der Waals surface area contributed by atoms with Crippen LogP contribution in [0.2, 0.25) is 0 Å². The summed E-state index contributed by atoms with van der Waals surface area (Å²) in [5, 5.41) is 0. The molecule has 2 N–H and O–H groups in total. The summed E-state index contributed by atoms with van der Waals surface area (Å²) in [6, 6.07) is 0. The summed E-state index contributed by atoms with van der Waals surface area (Å²) < 4.78 is 5.16. The lowest BCUT2D eigenvalue weighted by Crippen LogP contribution is -2.34. The van der Waals surface area contributed by atoms with Gasteiger partial charge in [0.2, 0.25) is 0 Å². The number of hydrogen-bond donors (Lipinski definition) is 1. The molecule has 0 saturated carbocycles. The fraction of sp³-hybridized carbons (Fsp3) is 0.909. The minimum Gasteiger partial charge on any atom is -0.449 e. The Morgan fingerprint density at radius 2 is 2.07 bits per heavy atom. The van der Waals surface area contributed by atoms with Crippen molar-refractivity contribution in [3.8, 4) is 0 Å². The topological polar surface area (TPSA) is 55.6 Å². The fourth-order valence-corrected chi connectivity index (χ4v) is 1.18. The van der Waals surface area contributed by atoms with Gasteiger partial charge in [0.1, 0.15) is 0 Å². The minimum atomic E-state index is -0.209. The Morgan fingerprint density at radius 1 is 1.40 bits per heavy atom. The van der Waals surface area contributed by atoms with Crippen molar-refractivity contribution in [2.45, 2.75) is 33.6 Å². The summed E-state index contributed by atoms with van der Waals surface area (Å²) in [4.78, 5) is 13.3. The zero-order chi connectivity index (χ0) is 11.7. The first-order chi connectivity index (χ1) is 7.11. The lowest BCUT2D eigenvalue weighted by atomic mass is 10.2. The van der Waals surface area contributed by atoms with Gasteiger partial charge in [0.25, 0.3) is 0 Å². The summed E-state index contributed by atoms with van der Waals surface area (Å²) in [7, 11) is 0. The average molecular weight is 216 g/mol. The van der Waals surface area contributed by atoms with Crippen LogP contribution in [0.15, 0.2) is 0 Å². The van der Waals surface area contributed by atoms with Crippen molar-refractivity contribution < 1.29 is 9.53 Å². The number of hydrogen-bond acceptors (Lipinski definition) is 3. The monoisotopic (exact) mass is 216 g/mol. The van der Waals surface area contributed by atoms with Crippen LogP contribution in [0.5, 0.6) is 0 Å². The number of nitrogens with zero attached hydrogens (tertiary/aromatic N) is 1. The Morgan fingerprint density at radius 3 is 2.53 bits per heavy atom. The van der Waals surface area contributed by atoms with E-state index < -0.39 is 0 Å². The van der Waals surface area contributed by atoms with Gasteiger partial charge in [-0.25, -0.2) is 4.79 Å². The molecule has 0 rings (SSSR count). The number of nitrogens with two attached hydrogens (primary N) is 1. The Hall–Kier alpha value is -0.770. The number of amides is 1. The third kappa shape index (κ3) is 7.19. The second-order valence-corrected chi connectivity index (χ2v) is 4.10. The molecule has 0 spiro atoms. The number of ether oxygens (including phenoxy) is 1. The molecule has 0 aromatic rings. The van der Waals surface area contributed by atoms with Crippen LogP contribution in [0.25, 0.3) is 0 Å². The molecule has 0 atom stereocenters. The molecule has 0 radical (unpaired) electrons. The Kier molecular flexibility index (Phi) is 8.09. The highest BCUT2D eigenvalue weighted by Gasteiger charge is 2.13. The molecule has 0 aromatic carbocycles. The van der Waals surface area contributed by atoms with Gasteiger partial charge < -0.3 is 15.4 Å². The highest BCUT2D eigenvalue weighted by molar-refractivity contribution is 5.67. The summed E-state index contributed by atoms with van der Waals surface area (Å²) in [5.74, 6) is 0.381. The van der Waals surface area contributed by atoms with Crippen molar-refractivity contribution in [2.24, 2.45) is 11.7 Å². The molecule has 0 fully saturated rings. The van der Waals surface area contributed by atoms with Crippen molar-refractivity contribution in [3.63, 3.8) is 0 Å². The Labute approximate surface area is 92.8 Å². The molecular weight excluding hydrogens is 192 g/mol. The molecule has 1 amide bonds. The molecule has 4 heteroatoms. The first-order valence-corrected chi connectivity index (χ1v) is 5.73. The van der Waals surface area contributed by atoms with E-state index in [1.165, 1.54) is 0 Å². The maximum atomic E-state index is 11.6. The largest absolute Gasteiger partial charge is 0.449 e. The molecule has 0 aromatic heterocycles. The summed E-state index contributed by atoms with van der Waals surface area (Å²) in [6.07, 6.45) is 1.57. The zero-order valence-electron chi connectivity index (χ0n) is 10.2. The van der Waals surface area contributed by atoms with Gasteiger partial charge in [-0.05, 0) is 25.3 Å². The van der Waals surface area contributed by atoms with Crippen molar-refractivity contribution >= 4 is 6.09 Å². The van der Waals surface area contributed by atoms with E-state index in [4.69, 9.17) is 10.5 Å². The van der Waals surface area contributed by atoms with Gasteiger partial charge in [-0.2, -0.15) is 0 Å². The predicted molar refractivity (Wildman–Crippen MR) is 61.7 cm³/mol. The van der Waals surface area contributed by atoms with E-state index >= 15 is 0 Å². The molecule has 0 heterocycles. The van der Waals surface area contributed by atoms with E-state index in [1.807, 2.05) is 20.8 Å². The Bertz CT molecular complexity index is 172. The first-order valence-electron chi connectivity index (χ1n) is 5.73. The van der Waals surface area contributed by atoms with Crippen LogP contribution in [0, 0.1) is 5.92 Å². The van der Waals surface area contributed by atoms with Crippen molar-refractivity contribution in [3.05, 3.63) is 0 Å². The SMILES string of the molecule is CCCN(CCCN)C(=O)OCC(C)C. The standard InChI is InChI=1S/C11H24N2O2/c1-4-7-13(8-5-6-12)11(14)15-9-10(2)3/h10H,4-9,12H2,1-3H3. The quantitative estimate of drug-likeness (QED) is 0.706. The van der Waals surface area contributed by atoms with Crippen LogP contribution in [0.4, 0.5) is 4.79 Å². The smallest absolute Gasteiger partial charge is 0.409 e. The zero-order valence-corrected chi connectivity index (χ0v) is 10.2. The van der Waals surface area contributed by atoms with E-state index in [0.29, 0.717) is 25.6 Å². The van der Waals surface area contributed by atoms with Crippen LogP contribution in [0.1, 0.15) is 33.6 Å². The number of carbonyl (C=O) groups is 1. The normalized spacial score (nSPS) is 10.5. The van der Waals surface area contributed by atoms with Gasteiger partial charge in [0, 0.05) is 13.1 Å². The average Bonchev–Trinajstić information content (AvgIpc) is 2.20. The predicted octanol–water partition coefficient (Wildman–Crippen LogP) is 1.84. The van der Waals surface area contributed by atoms with Crippen molar-refractivity contribution in [1.29, 1.82) is 0 Å². The van der Waals surface area contributed by atoms with Crippen molar-refractivity contribution in [2.75, 3.05) is 26.2 Å². The van der Waals surface area contributed by atoms with Gasteiger partial charge in [0.15, 0.2) is 0 Å². The summed E-state index contributed by atoms with van der Waals surface area (Å²) >= 11 is 0. The van der Waals surface area contributed by atoms with E-state index in [9.17, 15) is 4.79 Å². The lowest BCUT2D eigenvalue weighted by Gasteiger charge is -2.21. The summed E-state index contributed by atoms with van der Waals surface area (Å²) in [6.45, 7) is 8.64. The molecule has 4 nitrogen and oxygen atoms in total. The van der Waals surface area contributed by atoms with Crippen LogP contribution in [0.3, 0.4) is 0 Å². The van der Waals surface area contributed by atoms with E-state index in [1.54, 1.807) is 4.90 Å². The highest BCUT2D eigenvalue weighted by atomic mass is 16.6. The molecule has 0 aliphatic heterocycles. The van der Waals surface area contributed by atoms with Gasteiger partial charge in [-0.15, -0.1) is 0 Å². The molecule has 0 bridgehead atoms. The van der Waals surface area contributed by atoms with E-state index in [0.717, 1.165) is 19.4 Å². The number of rotatable bonds is 7. The molecule has 0 unspecified atom stereocenters. The second-order valence-electron chi connectivity index (χ2n) is 4.10. The number of carbonyl (C=O) groups excluding carboxylic acids is 1. The van der Waals surface area contributed by atoms with Crippen molar-refractivity contribution in [1.82, 2.24) is 4.90 Å². The van der Waals surface area contributed by atoms with E-state index in [2.05, 4.69) is 0 Å². The van der Waals surface area contributed by atoms with E-state index in [-0.39, 0.29) is 6.09 Å². The second kappa shape index (κ2) is 8.53. The first kappa shape index (κ1) is 14.2. The summed E-state index contributed by atoms with van der Waals surface area (Å²) in [5.41, 5.74) is 5.42. The van der Waals surface area contributed by atoms with Gasteiger partial charge in [0.05, 0.1) is 6.61 Å². The molecule has 0 aliphatic rings. The molecular formula is C11H24N2O2. The lowest BCUT2D eigenvalue weighted by molar-refractivity contribution is 0.0918. The maximum absolute atomic E-state index is 11.6. The third-order valence-corrected chi connectivity index (χ3v) is 1.92. The van der Waals surface area contributed by atoms with Gasteiger partial charge in [-0.1, -0.05) is 20.8 Å². The van der Waals surface area contributed by atoms with Gasteiger partial charge >= 0.3 is 6.09 Å². The molecule has 0 aliphatic carbocycles. The van der Waals surface area contributed by atoms with Crippen LogP contribution >= 0.6 is 0 Å². The van der Waals surface area contributed by atoms with Crippen LogP contribution in [-0.4, -0.2) is 37.2 Å². The highest BCUT2D eigenvalue weighted by Crippen LogP contribution is 2.01. The molecule has 90 valence electrons. The fourth-order valence-electron chi connectivity index (χ4n) is 1.18. The third-order valence-electron chi connectivity index (χ3n) is 1.92. The molecule has 15 heavy (non-hydrogen) atoms. The van der Waals surface area contributed by atoms with Crippen LogP contribution < -0.4 is 5.73 Å². The minimum absolute atomic E-state index is 0.209.